The highest BCUT2D eigenvalue weighted by Gasteiger charge is 2.22. The molecule has 0 atom stereocenters. The quantitative estimate of drug-likeness (QED) is 0.725. The van der Waals surface area contributed by atoms with Gasteiger partial charge >= 0.3 is 0 Å². The standard InChI is InChI=1S/C21H25N3/c1-15-4-7-20-18(12-15)19-14-23(3)10-9-21(19)24(20)11-8-17-6-5-16(2)22-13-17/h4-7,12-13H,8-11,14H2,1-3H3/i1D3,2D3,8D2,9D2,10D2,14D2. The molecule has 2 aromatic heterocycles. The van der Waals surface area contributed by atoms with Crippen molar-refractivity contribution in [3.8, 4) is 0 Å². The van der Waals surface area contributed by atoms with Crippen molar-refractivity contribution in [3.05, 3.63) is 64.6 Å². The number of benzene rings is 1. The van der Waals surface area contributed by atoms with E-state index in [0.717, 1.165) is 23.9 Å². The van der Waals surface area contributed by atoms with Crippen molar-refractivity contribution in [1.29, 1.82) is 0 Å². The second-order valence-corrected chi connectivity index (χ2v) is 5.56. The maximum Gasteiger partial charge on any atom is 0.0486 e. The van der Waals surface area contributed by atoms with Gasteiger partial charge < -0.3 is 9.47 Å². The van der Waals surface area contributed by atoms with Gasteiger partial charge in [-0.1, -0.05) is 17.7 Å². The maximum atomic E-state index is 8.73. The Labute approximate surface area is 163 Å². The molecule has 0 amide bonds. The van der Waals surface area contributed by atoms with E-state index in [1.807, 2.05) is 0 Å². The summed E-state index contributed by atoms with van der Waals surface area (Å²) in [7, 11) is 1.09. The van der Waals surface area contributed by atoms with Crippen LogP contribution in [-0.2, 0) is 25.8 Å². The molecule has 1 aliphatic heterocycles. The fourth-order valence-corrected chi connectivity index (χ4v) is 2.76. The summed E-state index contributed by atoms with van der Waals surface area (Å²) in [5.41, 5.74) is -1.01. The Hall–Kier alpha value is -2.13. The predicted molar refractivity (Wildman–Crippen MR) is 99.4 cm³/mol. The van der Waals surface area contributed by atoms with Crippen molar-refractivity contribution in [3.63, 3.8) is 0 Å². The highest BCUT2D eigenvalue weighted by atomic mass is 15.1. The summed E-state index contributed by atoms with van der Waals surface area (Å²) in [6.45, 7) is -11.1. The fraction of sp³-hybridized carbons (Fsp3) is 0.381. The lowest BCUT2D eigenvalue weighted by atomic mass is 10.0. The van der Waals surface area contributed by atoms with Crippen LogP contribution in [0.2, 0.25) is 0 Å². The van der Waals surface area contributed by atoms with E-state index in [1.165, 1.54) is 24.3 Å². The normalized spacial score (nSPS) is 31.5. The minimum Gasteiger partial charge on any atom is -0.344 e. The minimum absolute atomic E-state index is 0.0246. The van der Waals surface area contributed by atoms with Crippen molar-refractivity contribution in [2.24, 2.45) is 0 Å². The topological polar surface area (TPSA) is 21.1 Å². The molecule has 0 radical (unpaired) electrons. The SMILES string of the molecule is [2H]C([2H])([2H])c1ccc2c(c1)c1c(n2CC([2H])([2H])c2ccc(C([2H])([2H])[2H])nc2)C([2H])([2H])C([2H])([2H])N(C)C1([2H])[2H]. The lowest BCUT2D eigenvalue weighted by molar-refractivity contribution is 0.309. The van der Waals surface area contributed by atoms with Crippen LogP contribution >= 0.6 is 0 Å². The molecular weight excluding hydrogens is 294 g/mol. The molecule has 24 heavy (non-hydrogen) atoms. The number of rotatable bonds is 3. The largest absolute Gasteiger partial charge is 0.344 e. The smallest absolute Gasteiger partial charge is 0.0486 e. The predicted octanol–water partition coefficient (Wildman–Crippen LogP) is 3.88. The van der Waals surface area contributed by atoms with Gasteiger partial charge in [0.2, 0.25) is 0 Å². The summed E-state index contributed by atoms with van der Waals surface area (Å²) < 4.78 is 116. The van der Waals surface area contributed by atoms with Crippen LogP contribution < -0.4 is 0 Å². The first-order valence-electron chi connectivity index (χ1n) is 14.4. The number of aromatic nitrogens is 2. The number of hydrogen-bond donors (Lipinski definition) is 0. The molecular formula is C21H25N3. The van der Waals surface area contributed by atoms with E-state index in [9.17, 15) is 0 Å². The van der Waals surface area contributed by atoms with E-state index in [4.69, 9.17) is 19.2 Å². The Morgan fingerprint density at radius 3 is 3.04 bits per heavy atom. The van der Waals surface area contributed by atoms with Crippen LogP contribution in [0.15, 0.2) is 36.5 Å². The molecule has 1 aliphatic rings. The van der Waals surface area contributed by atoms with Crippen molar-refractivity contribution < 1.29 is 19.2 Å². The molecule has 3 heteroatoms. The number of fused-ring (bicyclic) bond motifs is 3. The highest BCUT2D eigenvalue weighted by molar-refractivity contribution is 5.86. The van der Waals surface area contributed by atoms with Gasteiger partial charge in [0.05, 0.1) is 0 Å². The van der Waals surface area contributed by atoms with Crippen LogP contribution in [-0.4, -0.2) is 28.0 Å². The van der Waals surface area contributed by atoms with Crippen molar-refractivity contribution in [2.45, 2.75) is 39.5 Å². The molecule has 0 aliphatic carbocycles. The summed E-state index contributed by atoms with van der Waals surface area (Å²) in [6.07, 6.45) is -4.07. The Morgan fingerprint density at radius 1 is 1.29 bits per heavy atom. The van der Waals surface area contributed by atoms with Gasteiger partial charge in [-0.2, -0.15) is 0 Å². The first-order valence-corrected chi connectivity index (χ1v) is 7.43. The second-order valence-electron chi connectivity index (χ2n) is 5.56. The average Bonchev–Trinajstić information content (AvgIpc) is 3.11. The third kappa shape index (κ3) is 2.73. The van der Waals surface area contributed by atoms with Crippen LogP contribution in [0.4, 0.5) is 0 Å². The van der Waals surface area contributed by atoms with Crippen molar-refractivity contribution in [2.75, 3.05) is 13.5 Å². The maximum absolute atomic E-state index is 8.73. The van der Waals surface area contributed by atoms with Gasteiger partial charge in [-0.3, -0.25) is 4.98 Å². The van der Waals surface area contributed by atoms with E-state index in [-0.39, 0.29) is 33.3 Å². The van der Waals surface area contributed by atoms with Crippen LogP contribution in [0.5, 0.6) is 0 Å². The van der Waals surface area contributed by atoms with E-state index in [0.29, 0.717) is 4.90 Å². The molecule has 124 valence electrons. The number of pyridine rings is 1. The first kappa shape index (κ1) is 6.30. The Kier molecular flexibility index (Phi) is 1.59. The molecule has 0 saturated heterocycles. The fourth-order valence-electron chi connectivity index (χ4n) is 2.76. The molecule has 0 saturated carbocycles. The number of hydrogen-bond acceptors (Lipinski definition) is 2. The molecule has 0 unspecified atom stereocenters. The van der Waals surface area contributed by atoms with Crippen LogP contribution in [0.3, 0.4) is 0 Å². The Bertz CT molecular complexity index is 1380. The van der Waals surface area contributed by atoms with Crippen molar-refractivity contribution in [1.82, 2.24) is 14.5 Å². The first-order chi connectivity index (χ1) is 17.0. The molecule has 3 nitrogen and oxygen atoms in total. The zero-order valence-corrected chi connectivity index (χ0v) is 13.0. The van der Waals surface area contributed by atoms with Gasteiger partial charge in [-0.05, 0) is 56.5 Å². The van der Waals surface area contributed by atoms with Gasteiger partial charge in [0.1, 0.15) is 0 Å². The van der Waals surface area contributed by atoms with Crippen LogP contribution in [0.1, 0.15) is 47.3 Å². The van der Waals surface area contributed by atoms with Gasteiger partial charge in [0.15, 0.2) is 0 Å². The third-order valence-corrected chi connectivity index (χ3v) is 3.89. The summed E-state index contributed by atoms with van der Waals surface area (Å²) in [5, 5.41) is 0.0246. The van der Waals surface area contributed by atoms with Crippen LogP contribution in [0, 0.1) is 13.7 Å². The Balaban J connectivity index is 2.01. The molecule has 0 N–H and O–H groups in total. The van der Waals surface area contributed by atoms with Crippen molar-refractivity contribution >= 4 is 10.9 Å². The highest BCUT2D eigenvalue weighted by Crippen LogP contribution is 2.31. The second kappa shape index (κ2) is 6.06. The number of aryl methyl sites for hydroxylation is 4. The van der Waals surface area contributed by atoms with Gasteiger partial charge in [-0.15, -0.1) is 0 Å². The number of nitrogens with zero attached hydrogens (tertiary/aromatic N) is 3. The molecule has 0 bridgehead atoms. The monoisotopic (exact) mass is 333 g/mol. The summed E-state index contributed by atoms with van der Waals surface area (Å²) >= 11 is 0. The summed E-state index contributed by atoms with van der Waals surface area (Å²) in [5.74, 6) is 0. The zero-order valence-electron chi connectivity index (χ0n) is 27.0. The van der Waals surface area contributed by atoms with E-state index < -0.39 is 51.7 Å². The molecule has 4 rings (SSSR count). The van der Waals surface area contributed by atoms with Crippen LogP contribution in [0.25, 0.3) is 10.9 Å². The van der Waals surface area contributed by atoms with Gasteiger partial charge in [0, 0.05) is 73.6 Å². The molecule has 0 spiro atoms. The molecule has 1 aromatic carbocycles. The van der Waals surface area contributed by atoms with Gasteiger partial charge in [0.25, 0.3) is 0 Å². The minimum atomic E-state index is -2.86. The summed E-state index contributed by atoms with van der Waals surface area (Å²) in [6, 6.07) is 6.23. The number of likely N-dealkylation sites (N-methyl/N-ethyl adjacent to an activating group) is 1. The Morgan fingerprint density at radius 2 is 2.25 bits per heavy atom. The van der Waals surface area contributed by atoms with Gasteiger partial charge in [-0.25, -0.2) is 0 Å². The molecule has 3 heterocycles. The van der Waals surface area contributed by atoms with E-state index in [2.05, 4.69) is 4.98 Å². The molecule has 3 aromatic rings. The summed E-state index contributed by atoms with van der Waals surface area (Å²) in [4.78, 5) is 4.45. The average molecular weight is 334 g/mol. The molecule has 0 fully saturated rings. The lowest BCUT2D eigenvalue weighted by Crippen LogP contribution is -2.27. The zero-order chi connectivity index (χ0) is 28.9. The lowest BCUT2D eigenvalue weighted by Gasteiger charge is -2.24. The van der Waals surface area contributed by atoms with E-state index in [1.54, 1.807) is 0 Å². The third-order valence-electron chi connectivity index (χ3n) is 3.89. The van der Waals surface area contributed by atoms with E-state index >= 15 is 0 Å².